The summed E-state index contributed by atoms with van der Waals surface area (Å²) in [7, 11) is 0. The minimum absolute atomic E-state index is 0. The van der Waals surface area contributed by atoms with Crippen LogP contribution in [0.25, 0.3) is 5.69 Å². The van der Waals surface area contributed by atoms with Gasteiger partial charge in [0.1, 0.15) is 0 Å². The van der Waals surface area contributed by atoms with Gasteiger partial charge in [-0.25, -0.2) is 4.68 Å². The summed E-state index contributed by atoms with van der Waals surface area (Å²) < 4.78 is 1.81. The Bertz CT molecular complexity index is 669. The number of nitrogens with two attached hydrogens (primary N) is 1. The molecule has 132 valence electrons. The number of benzene rings is 1. The second kappa shape index (κ2) is 9.45. The number of carbonyl (C=O) groups excluding carboxylic acids is 1. The Labute approximate surface area is 150 Å². The average molecular weight is 351 g/mol. The van der Waals surface area contributed by atoms with Crippen LogP contribution in [-0.2, 0) is 0 Å². The van der Waals surface area contributed by atoms with Crippen LogP contribution in [0.4, 0.5) is 0 Å². The summed E-state index contributed by atoms with van der Waals surface area (Å²) >= 11 is 0. The molecular weight excluding hydrogens is 324 g/mol. The summed E-state index contributed by atoms with van der Waals surface area (Å²) in [4.78, 5) is 12.5. The molecule has 0 bridgehead atoms. The molecule has 5 nitrogen and oxygen atoms in total. The number of nitrogens with zero attached hydrogens (tertiary/aromatic N) is 2. The molecule has 1 aromatic carbocycles. The molecule has 0 aliphatic heterocycles. The van der Waals surface area contributed by atoms with Gasteiger partial charge < -0.3 is 11.1 Å². The predicted molar refractivity (Wildman–Crippen MR) is 100 cm³/mol. The molecule has 1 atom stereocenters. The summed E-state index contributed by atoms with van der Waals surface area (Å²) in [5, 5.41) is 7.41. The van der Waals surface area contributed by atoms with Gasteiger partial charge in [0.05, 0.1) is 23.1 Å². The number of aryl methyl sites for hydroxylation is 1. The molecule has 6 heteroatoms. The maximum Gasteiger partial charge on any atom is 0.255 e. The Morgan fingerprint density at radius 3 is 2.67 bits per heavy atom. The number of nitrogens with one attached hydrogen (secondary N) is 1. The maximum atomic E-state index is 12.5. The molecule has 1 heterocycles. The van der Waals surface area contributed by atoms with Gasteiger partial charge in [-0.15, -0.1) is 12.4 Å². The molecule has 0 saturated heterocycles. The zero-order valence-electron chi connectivity index (χ0n) is 14.6. The third-order valence-electron chi connectivity index (χ3n) is 4.12. The zero-order chi connectivity index (χ0) is 16.8. The molecule has 2 aromatic rings. The van der Waals surface area contributed by atoms with Gasteiger partial charge in [0.25, 0.3) is 5.91 Å². The molecule has 3 N–H and O–H groups in total. The van der Waals surface area contributed by atoms with Gasteiger partial charge in [-0.1, -0.05) is 38.0 Å². The first-order valence-corrected chi connectivity index (χ1v) is 8.20. The molecule has 1 aromatic heterocycles. The summed E-state index contributed by atoms with van der Waals surface area (Å²) in [6.07, 6.45) is 4.69. The summed E-state index contributed by atoms with van der Waals surface area (Å²) in [6, 6.07) is 8.01. The highest BCUT2D eigenvalue weighted by Crippen LogP contribution is 2.17. The van der Waals surface area contributed by atoms with Crippen LogP contribution in [0.2, 0.25) is 0 Å². The van der Waals surface area contributed by atoms with Crippen molar-refractivity contribution < 1.29 is 4.79 Å². The van der Waals surface area contributed by atoms with Crippen LogP contribution in [-0.4, -0.2) is 28.3 Å². The summed E-state index contributed by atoms with van der Waals surface area (Å²) in [5.41, 5.74) is 9.30. The number of hydrogen-bond donors (Lipinski definition) is 2. The van der Waals surface area contributed by atoms with E-state index in [0.717, 1.165) is 36.2 Å². The van der Waals surface area contributed by atoms with Crippen molar-refractivity contribution in [3.8, 4) is 5.69 Å². The number of rotatable bonds is 7. The van der Waals surface area contributed by atoms with E-state index in [1.54, 1.807) is 6.20 Å². The molecule has 0 spiro atoms. The zero-order valence-corrected chi connectivity index (χ0v) is 15.4. The van der Waals surface area contributed by atoms with Crippen molar-refractivity contribution in [2.45, 2.75) is 46.1 Å². The van der Waals surface area contributed by atoms with E-state index >= 15 is 0 Å². The van der Waals surface area contributed by atoms with Crippen LogP contribution in [0.5, 0.6) is 0 Å². The van der Waals surface area contributed by atoms with E-state index in [9.17, 15) is 4.79 Å². The topological polar surface area (TPSA) is 72.9 Å². The van der Waals surface area contributed by atoms with Gasteiger partial charge in [-0.3, -0.25) is 4.79 Å². The van der Waals surface area contributed by atoms with Crippen molar-refractivity contribution in [1.29, 1.82) is 0 Å². The minimum atomic E-state index is -0.103. The van der Waals surface area contributed by atoms with E-state index in [1.807, 2.05) is 42.8 Å². The quantitative estimate of drug-likeness (QED) is 0.805. The fourth-order valence-corrected chi connectivity index (χ4v) is 2.64. The smallest absolute Gasteiger partial charge is 0.255 e. The standard InChI is InChI=1S/C18H26N4O.ClH/c1-4-5-9-15(11-19)21-18(23)16-12-20-22(14(16)3)17-10-7-6-8-13(17)2;/h6-8,10,12,15H,4-5,9,11,19H2,1-3H3,(H,21,23);1H. The van der Waals surface area contributed by atoms with E-state index < -0.39 is 0 Å². The summed E-state index contributed by atoms with van der Waals surface area (Å²) in [5.74, 6) is -0.103. The number of halogens is 1. The van der Waals surface area contributed by atoms with Crippen molar-refractivity contribution in [1.82, 2.24) is 15.1 Å². The highest BCUT2D eigenvalue weighted by Gasteiger charge is 2.18. The Hall–Kier alpha value is -1.85. The minimum Gasteiger partial charge on any atom is -0.348 e. The average Bonchev–Trinajstić information content (AvgIpc) is 2.93. The van der Waals surface area contributed by atoms with E-state index in [1.165, 1.54) is 0 Å². The second-order valence-electron chi connectivity index (χ2n) is 5.89. The highest BCUT2D eigenvalue weighted by molar-refractivity contribution is 5.95. The van der Waals surface area contributed by atoms with Crippen LogP contribution in [0.1, 0.15) is 47.8 Å². The van der Waals surface area contributed by atoms with Crippen molar-refractivity contribution in [2.24, 2.45) is 5.73 Å². The molecule has 0 radical (unpaired) electrons. The van der Waals surface area contributed by atoms with Gasteiger partial charge in [-0.2, -0.15) is 5.10 Å². The third kappa shape index (κ3) is 4.58. The number of unbranched alkanes of at least 4 members (excludes halogenated alkanes) is 1. The fourth-order valence-electron chi connectivity index (χ4n) is 2.64. The second-order valence-corrected chi connectivity index (χ2v) is 5.89. The van der Waals surface area contributed by atoms with E-state index in [0.29, 0.717) is 12.1 Å². The SMILES string of the molecule is CCCCC(CN)NC(=O)c1cnn(-c2ccccc2C)c1C.Cl. The normalized spacial score (nSPS) is 11.7. The lowest BCUT2D eigenvalue weighted by molar-refractivity contribution is 0.0935. The lowest BCUT2D eigenvalue weighted by atomic mass is 10.1. The van der Waals surface area contributed by atoms with E-state index in [2.05, 4.69) is 17.3 Å². The number of carbonyl (C=O) groups is 1. The highest BCUT2D eigenvalue weighted by atomic mass is 35.5. The molecular formula is C18H27ClN4O. The van der Waals surface area contributed by atoms with Crippen LogP contribution in [0.3, 0.4) is 0 Å². The first-order valence-electron chi connectivity index (χ1n) is 8.20. The van der Waals surface area contributed by atoms with Gasteiger partial charge in [0.2, 0.25) is 0 Å². The Kier molecular flexibility index (Phi) is 7.95. The van der Waals surface area contributed by atoms with Gasteiger partial charge in [0.15, 0.2) is 0 Å². The van der Waals surface area contributed by atoms with Crippen LogP contribution in [0.15, 0.2) is 30.5 Å². The lowest BCUT2D eigenvalue weighted by Crippen LogP contribution is -2.40. The van der Waals surface area contributed by atoms with Gasteiger partial charge in [0, 0.05) is 12.6 Å². The molecule has 0 fully saturated rings. The first kappa shape index (κ1) is 20.2. The van der Waals surface area contributed by atoms with Crippen molar-refractivity contribution in [3.63, 3.8) is 0 Å². The Balaban J connectivity index is 0.00000288. The fraction of sp³-hybridized carbons (Fsp3) is 0.444. The monoisotopic (exact) mass is 350 g/mol. The van der Waals surface area contributed by atoms with Gasteiger partial charge >= 0.3 is 0 Å². The molecule has 1 amide bonds. The summed E-state index contributed by atoms with van der Waals surface area (Å²) in [6.45, 7) is 6.53. The van der Waals surface area contributed by atoms with Crippen molar-refractivity contribution in [2.75, 3.05) is 6.54 Å². The Morgan fingerprint density at radius 1 is 1.33 bits per heavy atom. The molecule has 0 saturated carbocycles. The largest absolute Gasteiger partial charge is 0.348 e. The number of amides is 1. The third-order valence-corrected chi connectivity index (χ3v) is 4.12. The first-order chi connectivity index (χ1) is 11.1. The number of hydrogen-bond acceptors (Lipinski definition) is 3. The lowest BCUT2D eigenvalue weighted by Gasteiger charge is -2.16. The van der Waals surface area contributed by atoms with Crippen LogP contribution >= 0.6 is 12.4 Å². The molecule has 1 unspecified atom stereocenters. The number of para-hydroxylation sites is 1. The van der Waals surface area contributed by atoms with Crippen LogP contribution in [0, 0.1) is 13.8 Å². The molecule has 24 heavy (non-hydrogen) atoms. The van der Waals surface area contributed by atoms with E-state index in [4.69, 9.17) is 5.73 Å². The molecule has 2 rings (SSSR count). The molecule has 0 aliphatic carbocycles. The molecule has 0 aliphatic rings. The predicted octanol–water partition coefficient (Wildman–Crippen LogP) is 3.16. The van der Waals surface area contributed by atoms with E-state index in [-0.39, 0.29) is 24.4 Å². The Morgan fingerprint density at radius 2 is 2.04 bits per heavy atom. The van der Waals surface area contributed by atoms with Crippen molar-refractivity contribution >= 4 is 18.3 Å². The maximum absolute atomic E-state index is 12.5. The van der Waals surface area contributed by atoms with Crippen molar-refractivity contribution in [3.05, 3.63) is 47.3 Å². The number of aromatic nitrogens is 2. The van der Waals surface area contributed by atoms with Crippen LogP contribution < -0.4 is 11.1 Å². The van der Waals surface area contributed by atoms with Gasteiger partial charge in [-0.05, 0) is 31.9 Å².